The number of ketones is 1. The van der Waals surface area contributed by atoms with Crippen molar-refractivity contribution in [1.82, 2.24) is 4.90 Å². The largest absolute Gasteiger partial charge is 0.295 e. The van der Waals surface area contributed by atoms with Gasteiger partial charge in [-0.3, -0.25) is 9.69 Å². The van der Waals surface area contributed by atoms with E-state index in [2.05, 4.69) is 17.9 Å². The van der Waals surface area contributed by atoms with Crippen molar-refractivity contribution in [3.05, 3.63) is 11.1 Å². The average Bonchev–Trinajstić information content (AvgIpc) is 2.29. The van der Waals surface area contributed by atoms with Gasteiger partial charge in [-0.15, -0.1) is 6.42 Å². The fourth-order valence-corrected chi connectivity index (χ4v) is 2.85. The maximum atomic E-state index is 11.7. The van der Waals surface area contributed by atoms with E-state index in [0.29, 0.717) is 18.4 Å². The third-order valence-electron chi connectivity index (χ3n) is 3.82. The first kappa shape index (κ1) is 11.4. The maximum absolute atomic E-state index is 11.7. The molecule has 86 valence electrons. The molecule has 0 saturated heterocycles. The van der Waals surface area contributed by atoms with E-state index in [0.717, 1.165) is 44.1 Å². The third-order valence-corrected chi connectivity index (χ3v) is 3.82. The van der Waals surface area contributed by atoms with Gasteiger partial charge in [0.15, 0.2) is 5.78 Å². The van der Waals surface area contributed by atoms with Crippen LogP contribution in [0.15, 0.2) is 11.1 Å². The molecule has 2 heteroatoms. The van der Waals surface area contributed by atoms with Crippen molar-refractivity contribution in [3.63, 3.8) is 0 Å². The summed E-state index contributed by atoms with van der Waals surface area (Å²) >= 11 is 0. The minimum absolute atomic E-state index is 0.402. The highest BCUT2D eigenvalue weighted by Gasteiger charge is 2.28. The van der Waals surface area contributed by atoms with Crippen molar-refractivity contribution in [2.45, 2.75) is 44.6 Å². The zero-order valence-electron chi connectivity index (χ0n) is 9.96. The second-order valence-corrected chi connectivity index (χ2v) is 4.87. The number of carbonyl (C=O) groups is 1. The van der Waals surface area contributed by atoms with Crippen LogP contribution in [0.25, 0.3) is 0 Å². The number of nitrogens with zero attached hydrogens (tertiary/aromatic N) is 1. The lowest BCUT2D eigenvalue weighted by Gasteiger charge is -2.34. The first-order valence-electron chi connectivity index (χ1n) is 6.10. The fraction of sp³-hybridized carbons (Fsp3) is 0.643. The quantitative estimate of drug-likeness (QED) is 0.661. The highest BCUT2D eigenvalue weighted by molar-refractivity contribution is 5.97. The SMILES string of the molecule is C#CCN(C)[C@@H]1CCC2=C(CCCC2=O)C1. The zero-order valence-corrected chi connectivity index (χ0v) is 9.96. The van der Waals surface area contributed by atoms with Crippen LogP contribution in [-0.4, -0.2) is 30.3 Å². The first-order chi connectivity index (χ1) is 7.72. The van der Waals surface area contributed by atoms with E-state index >= 15 is 0 Å². The van der Waals surface area contributed by atoms with Gasteiger partial charge in [0.1, 0.15) is 0 Å². The first-order valence-corrected chi connectivity index (χ1v) is 6.10. The second kappa shape index (κ2) is 4.84. The Hall–Kier alpha value is -1.07. The number of carbonyl (C=O) groups excluding carboxylic acids is 1. The van der Waals surface area contributed by atoms with Crippen LogP contribution in [0.4, 0.5) is 0 Å². The summed E-state index contributed by atoms with van der Waals surface area (Å²) in [6, 6.07) is 0.542. The van der Waals surface area contributed by atoms with Crippen LogP contribution in [0.1, 0.15) is 38.5 Å². The van der Waals surface area contributed by atoms with Crippen LogP contribution in [0.2, 0.25) is 0 Å². The highest BCUT2D eigenvalue weighted by atomic mass is 16.1. The van der Waals surface area contributed by atoms with Gasteiger partial charge in [-0.25, -0.2) is 0 Å². The normalized spacial score (nSPS) is 25.6. The lowest BCUT2D eigenvalue weighted by atomic mass is 9.79. The zero-order chi connectivity index (χ0) is 11.5. The lowest BCUT2D eigenvalue weighted by Crippen LogP contribution is -2.35. The number of hydrogen-bond acceptors (Lipinski definition) is 2. The minimum Gasteiger partial charge on any atom is -0.295 e. The van der Waals surface area contributed by atoms with E-state index in [1.807, 2.05) is 0 Å². The number of terminal acetylenes is 1. The van der Waals surface area contributed by atoms with Crippen LogP contribution < -0.4 is 0 Å². The highest BCUT2D eigenvalue weighted by Crippen LogP contribution is 2.35. The van der Waals surface area contributed by atoms with Crippen molar-refractivity contribution >= 4 is 5.78 Å². The van der Waals surface area contributed by atoms with Gasteiger partial charge in [0.25, 0.3) is 0 Å². The van der Waals surface area contributed by atoms with E-state index in [9.17, 15) is 4.79 Å². The molecule has 0 aliphatic heterocycles. The summed E-state index contributed by atoms with van der Waals surface area (Å²) < 4.78 is 0. The van der Waals surface area contributed by atoms with Crippen LogP contribution in [0.5, 0.6) is 0 Å². The van der Waals surface area contributed by atoms with E-state index in [1.54, 1.807) is 0 Å². The van der Waals surface area contributed by atoms with Crippen LogP contribution in [-0.2, 0) is 4.79 Å². The van der Waals surface area contributed by atoms with Gasteiger partial charge >= 0.3 is 0 Å². The third kappa shape index (κ3) is 2.20. The molecule has 0 N–H and O–H groups in total. The lowest BCUT2D eigenvalue weighted by molar-refractivity contribution is -0.116. The molecule has 2 aliphatic carbocycles. The molecule has 0 radical (unpaired) electrons. The molecule has 0 heterocycles. The molecule has 0 bridgehead atoms. The van der Waals surface area contributed by atoms with Crippen LogP contribution >= 0.6 is 0 Å². The van der Waals surface area contributed by atoms with Gasteiger partial charge in [0, 0.05) is 12.5 Å². The molecule has 0 saturated carbocycles. The molecule has 0 unspecified atom stereocenters. The van der Waals surface area contributed by atoms with Crippen LogP contribution in [0.3, 0.4) is 0 Å². The number of Topliss-reactive ketones (excluding diaryl/α,β-unsaturated/α-hetero) is 1. The smallest absolute Gasteiger partial charge is 0.158 e. The van der Waals surface area contributed by atoms with Gasteiger partial charge in [0.05, 0.1) is 6.54 Å². The summed E-state index contributed by atoms with van der Waals surface area (Å²) in [5.41, 5.74) is 2.56. The number of hydrogen-bond donors (Lipinski definition) is 0. The molecule has 1 atom stereocenters. The van der Waals surface area contributed by atoms with Gasteiger partial charge < -0.3 is 0 Å². The predicted octanol–water partition coefficient (Wildman–Crippen LogP) is 2.15. The summed E-state index contributed by atoms with van der Waals surface area (Å²) in [6.07, 6.45) is 11.4. The molecule has 0 aromatic carbocycles. The van der Waals surface area contributed by atoms with Gasteiger partial charge in [-0.1, -0.05) is 11.5 Å². The molecular weight excluding hydrogens is 198 g/mol. The molecule has 0 aromatic rings. The Morgan fingerprint density at radius 1 is 1.44 bits per heavy atom. The predicted molar refractivity (Wildman–Crippen MR) is 65.0 cm³/mol. The van der Waals surface area contributed by atoms with Crippen molar-refractivity contribution in [3.8, 4) is 12.3 Å². The summed E-state index contributed by atoms with van der Waals surface area (Å²) in [7, 11) is 2.08. The van der Waals surface area contributed by atoms with E-state index in [4.69, 9.17) is 6.42 Å². The van der Waals surface area contributed by atoms with Gasteiger partial charge in [0.2, 0.25) is 0 Å². The van der Waals surface area contributed by atoms with Crippen molar-refractivity contribution in [2.75, 3.05) is 13.6 Å². The number of allylic oxidation sites excluding steroid dienone is 1. The van der Waals surface area contributed by atoms with E-state index in [1.165, 1.54) is 5.57 Å². The minimum atomic E-state index is 0.402. The molecule has 2 nitrogen and oxygen atoms in total. The van der Waals surface area contributed by atoms with Gasteiger partial charge in [-0.05, 0) is 44.7 Å². The fourth-order valence-electron chi connectivity index (χ4n) is 2.85. The van der Waals surface area contributed by atoms with Crippen molar-refractivity contribution in [2.24, 2.45) is 0 Å². The van der Waals surface area contributed by atoms with Crippen LogP contribution in [0, 0.1) is 12.3 Å². The molecule has 2 rings (SSSR count). The topological polar surface area (TPSA) is 20.3 Å². The number of rotatable bonds is 2. The molecule has 0 aromatic heterocycles. The molecular formula is C14H19NO. The maximum Gasteiger partial charge on any atom is 0.158 e. The Kier molecular flexibility index (Phi) is 3.46. The summed E-state index contributed by atoms with van der Waals surface area (Å²) in [5, 5.41) is 0. The van der Waals surface area contributed by atoms with E-state index in [-0.39, 0.29) is 0 Å². The molecule has 2 aliphatic rings. The Labute approximate surface area is 97.7 Å². The molecule has 16 heavy (non-hydrogen) atoms. The molecule has 0 fully saturated rings. The Balaban J connectivity index is 2.07. The standard InChI is InChI=1S/C14H19NO/c1-3-9-15(2)12-7-8-13-11(10-12)5-4-6-14(13)16/h1,12H,4-10H2,2H3/t12-/m1/s1. The average molecular weight is 217 g/mol. The Morgan fingerprint density at radius 2 is 2.25 bits per heavy atom. The summed E-state index contributed by atoms with van der Waals surface area (Å²) in [4.78, 5) is 14.0. The van der Waals surface area contributed by atoms with Gasteiger partial charge in [-0.2, -0.15) is 0 Å². The Morgan fingerprint density at radius 3 is 3.00 bits per heavy atom. The van der Waals surface area contributed by atoms with Crippen molar-refractivity contribution < 1.29 is 4.79 Å². The second-order valence-electron chi connectivity index (χ2n) is 4.87. The van der Waals surface area contributed by atoms with E-state index < -0.39 is 0 Å². The summed E-state index contributed by atoms with van der Waals surface area (Å²) in [6.45, 7) is 0.710. The molecule has 0 amide bonds. The monoisotopic (exact) mass is 217 g/mol. The molecule has 0 spiro atoms. The van der Waals surface area contributed by atoms with Crippen molar-refractivity contribution in [1.29, 1.82) is 0 Å². The Bertz CT molecular complexity index is 361. The summed E-state index contributed by atoms with van der Waals surface area (Å²) in [5.74, 6) is 3.09.